The molecule has 94 valence electrons. The first-order valence-electron chi connectivity index (χ1n) is 6.40. The van der Waals surface area contributed by atoms with Gasteiger partial charge < -0.3 is 5.32 Å². The van der Waals surface area contributed by atoms with Crippen molar-refractivity contribution in [2.45, 2.75) is 34.6 Å². The monoisotopic (exact) mass is 239 g/mol. The van der Waals surface area contributed by atoms with Gasteiger partial charge in [0.25, 0.3) is 0 Å². The lowest BCUT2D eigenvalue weighted by Crippen LogP contribution is -1.99. The van der Waals surface area contributed by atoms with Crippen LogP contribution >= 0.6 is 0 Å². The van der Waals surface area contributed by atoms with Gasteiger partial charge in [0.2, 0.25) is 0 Å². The van der Waals surface area contributed by atoms with Crippen LogP contribution in [-0.4, -0.2) is 0 Å². The van der Waals surface area contributed by atoms with Crippen LogP contribution in [0.4, 0.5) is 11.4 Å². The second-order valence-electron chi connectivity index (χ2n) is 5.15. The number of hydrogen-bond acceptors (Lipinski definition) is 1. The Morgan fingerprint density at radius 3 is 2.00 bits per heavy atom. The number of anilines is 2. The minimum atomic E-state index is 1.21. The van der Waals surface area contributed by atoms with Crippen LogP contribution < -0.4 is 5.32 Å². The molecule has 0 fully saturated rings. The summed E-state index contributed by atoms with van der Waals surface area (Å²) < 4.78 is 0. The molecule has 0 aliphatic heterocycles. The second-order valence-corrected chi connectivity index (χ2v) is 5.15. The van der Waals surface area contributed by atoms with Crippen LogP contribution in [0.1, 0.15) is 27.8 Å². The molecule has 0 amide bonds. The van der Waals surface area contributed by atoms with Gasteiger partial charge in [0, 0.05) is 11.4 Å². The maximum Gasteiger partial charge on any atom is 0.0443 e. The van der Waals surface area contributed by atoms with Crippen molar-refractivity contribution in [3.63, 3.8) is 0 Å². The smallest absolute Gasteiger partial charge is 0.0443 e. The molecule has 2 rings (SSSR count). The number of hydrogen-bond donors (Lipinski definition) is 1. The predicted molar refractivity (Wildman–Crippen MR) is 79.9 cm³/mol. The summed E-state index contributed by atoms with van der Waals surface area (Å²) in [6.45, 7) is 10.8. The molecule has 2 aromatic rings. The van der Waals surface area contributed by atoms with Crippen molar-refractivity contribution in [2.24, 2.45) is 0 Å². The van der Waals surface area contributed by atoms with Crippen LogP contribution in [0.15, 0.2) is 30.3 Å². The van der Waals surface area contributed by atoms with Crippen molar-refractivity contribution in [1.29, 1.82) is 0 Å². The molecule has 0 spiro atoms. The van der Waals surface area contributed by atoms with Crippen LogP contribution in [-0.2, 0) is 0 Å². The minimum Gasteiger partial charge on any atom is -0.355 e. The van der Waals surface area contributed by atoms with E-state index in [0.29, 0.717) is 0 Å². The molecule has 2 aromatic carbocycles. The van der Waals surface area contributed by atoms with Crippen molar-refractivity contribution in [2.75, 3.05) is 5.32 Å². The highest BCUT2D eigenvalue weighted by atomic mass is 14.9. The van der Waals surface area contributed by atoms with Crippen LogP contribution in [0, 0.1) is 34.6 Å². The summed E-state index contributed by atoms with van der Waals surface area (Å²) in [7, 11) is 0. The van der Waals surface area contributed by atoms with E-state index in [9.17, 15) is 0 Å². The Kier molecular flexibility index (Phi) is 3.42. The van der Waals surface area contributed by atoms with Crippen molar-refractivity contribution in [3.8, 4) is 0 Å². The number of benzene rings is 2. The molecule has 0 aromatic heterocycles. The van der Waals surface area contributed by atoms with Gasteiger partial charge in [0.1, 0.15) is 0 Å². The highest BCUT2D eigenvalue weighted by Crippen LogP contribution is 2.28. The predicted octanol–water partition coefficient (Wildman–Crippen LogP) is 4.97. The van der Waals surface area contributed by atoms with Crippen LogP contribution in [0.3, 0.4) is 0 Å². The Hall–Kier alpha value is -1.76. The van der Waals surface area contributed by atoms with Gasteiger partial charge in [-0.3, -0.25) is 0 Å². The molecule has 0 radical (unpaired) electrons. The summed E-state index contributed by atoms with van der Waals surface area (Å²) in [4.78, 5) is 0. The van der Waals surface area contributed by atoms with Gasteiger partial charge >= 0.3 is 0 Å². The molecule has 0 heterocycles. The van der Waals surface area contributed by atoms with E-state index < -0.39 is 0 Å². The summed E-state index contributed by atoms with van der Waals surface area (Å²) in [5.74, 6) is 0. The van der Waals surface area contributed by atoms with E-state index in [2.05, 4.69) is 70.3 Å². The summed E-state index contributed by atoms with van der Waals surface area (Å²) in [5, 5.41) is 3.59. The average molecular weight is 239 g/mol. The van der Waals surface area contributed by atoms with Crippen LogP contribution in [0.2, 0.25) is 0 Å². The molecule has 0 atom stereocenters. The summed E-state index contributed by atoms with van der Waals surface area (Å²) in [5.41, 5.74) is 8.97. The quantitative estimate of drug-likeness (QED) is 0.780. The van der Waals surface area contributed by atoms with Crippen molar-refractivity contribution < 1.29 is 0 Å². The largest absolute Gasteiger partial charge is 0.355 e. The maximum atomic E-state index is 3.59. The van der Waals surface area contributed by atoms with E-state index in [1.165, 1.54) is 39.2 Å². The molecular formula is C17H21N. The lowest BCUT2D eigenvalue weighted by Gasteiger charge is -2.16. The third-order valence-corrected chi connectivity index (χ3v) is 3.55. The third kappa shape index (κ3) is 2.40. The zero-order chi connectivity index (χ0) is 13.3. The topological polar surface area (TPSA) is 12.0 Å². The minimum absolute atomic E-state index is 1.21. The Labute approximate surface area is 110 Å². The second kappa shape index (κ2) is 4.85. The van der Waals surface area contributed by atoms with Gasteiger partial charge in [-0.25, -0.2) is 0 Å². The van der Waals surface area contributed by atoms with Gasteiger partial charge in [-0.2, -0.15) is 0 Å². The highest BCUT2D eigenvalue weighted by Gasteiger charge is 2.06. The lowest BCUT2D eigenvalue weighted by molar-refractivity contribution is 1.28. The first kappa shape index (κ1) is 12.7. The molecule has 0 saturated carbocycles. The Balaban J connectivity index is 2.46. The SMILES string of the molecule is Cc1cc(C)c(C)c(Nc2c(C)cccc2C)c1. The number of rotatable bonds is 2. The molecule has 1 N–H and O–H groups in total. The maximum absolute atomic E-state index is 3.59. The van der Waals surface area contributed by atoms with Gasteiger partial charge in [0.15, 0.2) is 0 Å². The fourth-order valence-corrected chi connectivity index (χ4v) is 2.32. The molecule has 1 heteroatoms. The van der Waals surface area contributed by atoms with Crippen molar-refractivity contribution in [1.82, 2.24) is 0 Å². The zero-order valence-corrected chi connectivity index (χ0v) is 11.9. The van der Waals surface area contributed by atoms with Gasteiger partial charge in [-0.1, -0.05) is 24.3 Å². The normalized spacial score (nSPS) is 10.5. The van der Waals surface area contributed by atoms with Crippen LogP contribution in [0.5, 0.6) is 0 Å². The molecule has 18 heavy (non-hydrogen) atoms. The van der Waals surface area contributed by atoms with E-state index in [1.807, 2.05) is 0 Å². The van der Waals surface area contributed by atoms with E-state index in [1.54, 1.807) is 0 Å². The van der Waals surface area contributed by atoms with E-state index in [-0.39, 0.29) is 0 Å². The first-order chi connectivity index (χ1) is 8.49. The van der Waals surface area contributed by atoms with Gasteiger partial charge in [-0.05, 0) is 68.5 Å². The summed E-state index contributed by atoms with van der Waals surface area (Å²) >= 11 is 0. The highest BCUT2D eigenvalue weighted by molar-refractivity contribution is 5.70. The zero-order valence-electron chi connectivity index (χ0n) is 11.9. The van der Waals surface area contributed by atoms with Crippen LogP contribution in [0.25, 0.3) is 0 Å². The standard InChI is InChI=1S/C17H21N/c1-11-9-14(4)15(5)16(10-11)18-17-12(2)7-6-8-13(17)3/h6-10,18H,1-5H3. The van der Waals surface area contributed by atoms with E-state index >= 15 is 0 Å². The molecule has 0 aliphatic carbocycles. The lowest BCUT2D eigenvalue weighted by atomic mass is 10.0. The fraction of sp³-hybridized carbons (Fsp3) is 0.294. The molecule has 0 bridgehead atoms. The number of aryl methyl sites for hydroxylation is 4. The molecule has 1 nitrogen and oxygen atoms in total. The summed E-state index contributed by atoms with van der Waals surface area (Å²) in [6, 6.07) is 10.8. The molecule has 0 aliphatic rings. The van der Waals surface area contributed by atoms with Gasteiger partial charge in [0.05, 0.1) is 0 Å². The van der Waals surface area contributed by atoms with Crippen molar-refractivity contribution >= 4 is 11.4 Å². The van der Waals surface area contributed by atoms with E-state index in [0.717, 1.165) is 0 Å². The first-order valence-corrected chi connectivity index (χ1v) is 6.40. The van der Waals surface area contributed by atoms with Crippen molar-refractivity contribution in [3.05, 3.63) is 58.1 Å². The fourth-order valence-electron chi connectivity index (χ4n) is 2.32. The van der Waals surface area contributed by atoms with Gasteiger partial charge in [-0.15, -0.1) is 0 Å². The average Bonchev–Trinajstić information content (AvgIpc) is 2.30. The summed E-state index contributed by atoms with van der Waals surface area (Å²) in [6.07, 6.45) is 0. The Morgan fingerprint density at radius 2 is 1.39 bits per heavy atom. The Morgan fingerprint density at radius 1 is 0.778 bits per heavy atom. The number of nitrogens with one attached hydrogen (secondary N) is 1. The Bertz CT molecular complexity index is 562. The third-order valence-electron chi connectivity index (χ3n) is 3.55. The molecule has 0 saturated heterocycles. The van der Waals surface area contributed by atoms with E-state index in [4.69, 9.17) is 0 Å². The number of para-hydroxylation sites is 1. The molecular weight excluding hydrogens is 218 g/mol. The molecule has 0 unspecified atom stereocenters.